The third-order valence-electron chi connectivity index (χ3n) is 9.02. The van der Waals surface area contributed by atoms with E-state index in [1.807, 2.05) is 40.7 Å². The molecule has 0 radical (unpaired) electrons. The molecule has 3 aromatic rings. The van der Waals surface area contributed by atoms with Crippen molar-refractivity contribution in [2.24, 2.45) is 5.41 Å². The maximum atomic E-state index is 14.1. The number of fused-ring (bicyclic) bond motifs is 1. The lowest BCUT2D eigenvalue weighted by atomic mass is 9.82. The number of H-pyrrole nitrogens is 1. The van der Waals surface area contributed by atoms with E-state index >= 15 is 0 Å². The Morgan fingerprint density at radius 2 is 1.73 bits per heavy atom. The number of aromatic amines is 1. The number of hydrogen-bond donors (Lipinski definition) is 3. The largest absolute Gasteiger partial charge is 0.494 e. The first kappa shape index (κ1) is 33.8. The number of nitrogens with zero attached hydrogens (tertiary/aromatic N) is 3. The fourth-order valence-electron chi connectivity index (χ4n) is 6.70. The molecule has 3 amide bonds. The van der Waals surface area contributed by atoms with Crippen molar-refractivity contribution in [3.63, 3.8) is 0 Å². The number of likely N-dealkylation sites (tertiary alicyclic amines) is 1. The summed E-state index contributed by atoms with van der Waals surface area (Å²) in [6, 6.07) is 9.79. The van der Waals surface area contributed by atoms with Gasteiger partial charge < -0.3 is 29.9 Å². The second kappa shape index (κ2) is 13.9. The Balaban J connectivity index is 1.75. The highest BCUT2D eigenvalue weighted by atomic mass is 16.5. The molecular weight excluding hydrogens is 570 g/mol. The van der Waals surface area contributed by atoms with E-state index in [0.29, 0.717) is 36.6 Å². The van der Waals surface area contributed by atoms with Crippen LogP contribution in [0.5, 0.6) is 5.75 Å². The molecule has 0 saturated carbocycles. The third-order valence-corrected chi connectivity index (χ3v) is 9.02. The zero-order valence-corrected chi connectivity index (χ0v) is 28.0. The molecule has 3 N–H and O–H groups in total. The van der Waals surface area contributed by atoms with Gasteiger partial charge in [0.05, 0.1) is 30.8 Å². The van der Waals surface area contributed by atoms with Crippen LogP contribution < -0.4 is 15.6 Å². The van der Waals surface area contributed by atoms with Gasteiger partial charge in [-0.2, -0.15) is 0 Å². The SMILES string of the molecule is CCOc1ccc(NC(=O)N(Cc2cc3cc(C)c(CN(CC)CC)c(C)c3[nH]c2=O)C2CCN(C(=O)O)C2C(C)(C)C)cc1. The summed E-state index contributed by atoms with van der Waals surface area (Å²) in [5, 5.41) is 13.9. The molecule has 2 unspecified atom stereocenters. The fourth-order valence-corrected chi connectivity index (χ4v) is 6.70. The molecular formula is C35H49N5O5. The Morgan fingerprint density at radius 3 is 2.31 bits per heavy atom. The van der Waals surface area contributed by atoms with Gasteiger partial charge in [-0.1, -0.05) is 34.6 Å². The molecule has 1 aliphatic rings. The predicted octanol–water partition coefficient (Wildman–Crippen LogP) is 6.59. The molecule has 244 valence electrons. The average molecular weight is 620 g/mol. The smallest absolute Gasteiger partial charge is 0.407 e. The van der Waals surface area contributed by atoms with E-state index in [4.69, 9.17) is 4.74 Å². The van der Waals surface area contributed by atoms with Crippen LogP contribution in [0.15, 0.2) is 41.2 Å². The lowest BCUT2D eigenvalue weighted by Gasteiger charge is -2.41. The minimum Gasteiger partial charge on any atom is -0.494 e. The summed E-state index contributed by atoms with van der Waals surface area (Å²) in [6.07, 6.45) is -0.553. The van der Waals surface area contributed by atoms with Gasteiger partial charge in [-0.3, -0.25) is 9.69 Å². The van der Waals surface area contributed by atoms with Crippen molar-refractivity contribution in [3.05, 3.63) is 69.0 Å². The number of pyridine rings is 1. The first-order chi connectivity index (χ1) is 21.3. The number of amides is 3. The number of aryl methyl sites for hydroxylation is 2. The number of aromatic nitrogens is 1. The zero-order chi connectivity index (χ0) is 33.1. The van der Waals surface area contributed by atoms with Gasteiger partial charge >= 0.3 is 12.1 Å². The second-order valence-electron chi connectivity index (χ2n) is 13.0. The van der Waals surface area contributed by atoms with E-state index < -0.39 is 29.6 Å². The van der Waals surface area contributed by atoms with E-state index in [-0.39, 0.29) is 12.1 Å². The topological polar surface area (TPSA) is 118 Å². The van der Waals surface area contributed by atoms with Crippen molar-refractivity contribution in [3.8, 4) is 5.75 Å². The van der Waals surface area contributed by atoms with Crippen molar-refractivity contribution in [2.75, 3.05) is 31.6 Å². The molecule has 0 aliphatic carbocycles. The Labute approximate surface area is 266 Å². The van der Waals surface area contributed by atoms with Gasteiger partial charge in [-0.25, -0.2) is 9.59 Å². The molecule has 4 rings (SSSR count). The third kappa shape index (κ3) is 7.44. The van der Waals surface area contributed by atoms with Gasteiger partial charge in [0.15, 0.2) is 0 Å². The summed E-state index contributed by atoms with van der Waals surface area (Å²) in [6.45, 7) is 19.8. The second-order valence-corrected chi connectivity index (χ2v) is 13.0. The number of carboxylic acid groups (broad SMARTS) is 1. The van der Waals surface area contributed by atoms with E-state index in [1.165, 1.54) is 10.5 Å². The van der Waals surface area contributed by atoms with Crippen molar-refractivity contribution >= 4 is 28.7 Å². The summed E-state index contributed by atoms with van der Waals surface area (Å²) >= 11 is 0. The minimum atomic E-state index is -1.01. The average Bonchev–Trinajstić information content (AvgIpc) is 3.44. The van der Waals surface area contributed by atoms with Crippen molar-refractivity contribution < 1.29 is 19.4 Å². The van der Waals surface area contributed by atoms with E-state index in [0.717, 1.165) is 41.7 Å². The first-order valence-electron chi connectivity index (χ1n) is 16.0. The maximum Gasteiger partial charge on any atom is 0.407 e. The molecule has 2 atom stereocenters. The maximum absolute atomic E-state index is 14.1. The summed E-state index contributed by atoms with van der Waals surface area (Å²) in [5.74, 6) is 0.696. The standard InChI is InChI=1S/C35H49N5O5/c1-9-38(10-2)21-28-22(4)18-24-19-25(32(41)37-30(24)23(28)5)20-40(29-16-17-39(34(43)44)31(29)35(6,7)8)33(42)36-26-12-14-27(15-13-26)45-11-3/h12-15,18-19,29,31H,9-11,16-17,20-21H2,1-8H3,(H,36,42)(H,37,41)(H,43,44). The number of carbonyl (C=O) groups is 2. The Bertz CT molecular complexity index is 1570. The molecule has 10 nitrogen and oxygen atoms in total. The molecule has 1 aliphatic heterocycles. The summed E-state index contributed by atoms with van der Waals surface area (Å²) in [5.41, 5.74) is 4.51. The zero-order valence-electron chi connectivity index (χ0n) is 28.0. The van der Waals surface area contributed by atoms with Crippen LogP contribution in [0.2, 0.25) is 0 Å². The highest BCUT2D eigenvalue weighted by Gasteiger charge is 2.47. The van der Waals surface area contributed by atoms with Crippen molar-refractivity contribution in [1.82, 2.24) is 19.7 Å². The number of nitrogens with one attached hydrogen (secondary N) is 2. The van der Waals surface area contributed by atoms with E-state index in [2.05, 4.69) is 42.0 Å². The van der Waals surface area contributed by atoms with Gasteiger partial charge in [-0.05, 0) is 104 Å². The number of urea groups is 1. The van der Waals surface area contributed by atoms with Crippen LogP contribution in [0.25, 0.3) is 10.9 Å². The van der Waals surface area contributed by atoms with Gasteiger partial charge in [0, 0.05) is 24.3 Å². The van der Waals surface area contributed by atoms with Crippen LogP contribution in [0.1, 0.15) is 70.2 Å². The lowest BCUT2D eigenvalue weighted by molar-refractivity contribution is 0.0737. The highest BCUT2D eigenvalue weighted by molar-refractivity contribution is 5.90. The molecule has 1 fully saturated rings. The summed E-state index contributed by atoms with van der Waals surface area (Å²) < 4.78 is 5.54. The van der Waals surface area contributed by atoms with E-state index in [1.54, 1.807) is 29.2 Å². The van der Waals surface area contributed by atoms with E-state index in [9.17, 15) is 19.5 Å². The number of benzene rings is 2. The Kier molecular flexibility index (Phi) is 10.5. The monoisotopic (exact) mass is 619 g/mol. The first-order valence-corrected chi connectivity index (χ1v) is 16.0. The molecule has 1 aromatic heterocycles. The van der Waals surface area contributed by atoms with Crippen molar-refractivity contribution in [1.29, 1.82) is 0 Å². The number of rotatable bonds is 10. The number of carbonyl (C=O) groups excluding carboxylic acids is 1. The Hall–Kier alpha value is -4.05. The molecule has 2 aromatic carbocycles. The van der Waals surface area contributed by atoms with Crippen LogP contribution in [-0.2, 0) is 13.1 Å². The van der Waals surface area contributed by atoms with Gasteiger partial charge in [0.2, 0.25) is 0 Å². The molecule has 10 heteroatoms. The van der Waals surface area contributed by atoms with Crippen LogP contribution in [-0.4, -0.2) is 75.2 Å². The van der Waals surface area contributed by atoms with Crippen LogP contribution >= 0.6 is 0 Å². The summed E-state index contributed by atoms with van der Waals surface area (Å²) in [7, 11) is 0. The van der Waals surface area contributed by atoms with Gasteiger partial charge in [-0.15, -0.1) is 0 Å². The molecule has 45 heavy (non-hydrogen) atoms. The van der Waals surface area contributed by atoms with Crippen molar-refractivity contribution in [2.45, 2.75) is 87.0 Å². The van der Waals surface area contributed by atoms with Crippen LogP contribution in [0, 0.1) is 19.3 Å². The summed E-state index contributed by atoms with van der Waals surface area (Å²) in [4.78, 5) is 48.5. The predicted molar refractivity (Wildman–Crippen MR) is 179 cm³/mol. The lowest BCUT2D eigenvalue weighted by Crippen LogP contribution is -2.55. The Morgan fingerprint density at radius 1 is 1.07 bits per heavy atom. The fraction of sp³-hybridized carbons (Fsp3) is 0.514. The normalized spacial score (nSPS) is 16.8. The molecule has 1 saturated heterocycles. The van der Waals surface area contributed by atoms with Crippen LogP contribution in [0.3, 0.4) is 0 Å². The highest BCUT2D eigenvalue weighted by Crippen LogP contribution is 2.37. The number of anilines is 1. The number of hydrogen-bond acceptors (Lipinski definition) is 5. The molecule has 2 heterocycles. The molecule has 0 spiro atoms. The van der Waals surface area contributed by atoms with Crippen LogP contribution in [0.4, 0.5) is 15.3 Å². The van der Waals surface area contributed by atoms with Gasteiger partial charge in [0.1, 0.15) is 5.75 Å². The number of ether oxygens (including phenoxy) is 1. The molecule has 0 bridgehead atoms. The quantitative estimate of drug-likeness (QED) is 0.236. The minimum absolute atomic E-state index is 0.0259. The van der Waals surface area contributed by atoms with Gasteiger partial charge in [0.25, 0.3) is 5.56 Å².